The van der Waals surface area contributed by atoms with Gasteiger partial charge in [-0.25, -0.2) is 0 Å². The smallest absolute Gasteiger partial charge is 0.103 e. The summed E-state index contributed by atoms with van der Waals surface area (Å²) in [5.74, 6) is 0. The molecule has 4 nitrogen and oxygen atoms in total. The molecule has 0 radical (unpaired) electrons. The summed E-state index contributed by atoms with van der Waals surface area (Å²) in [6.07, 6.45) is 0.0919. The van der Waals surface area contributed by atoms with E-state index in [0.29, 0.717) is 13.2 Å². The normalized spacial score (nSPS) is 19.0. The Morgan fingerprint density at radius 3 is 2.94 bits per heavy atom. The highest BCUT2D eigenvalue weighted by Gasteiger charge is 2.21. The summed E-state index contributed by atoms with van der Waals surface area (Å²) in [5.41, 5.74) is 8.83. The highest BCUT2D eigenvalue weighted by Crippen LogP contribution is 2.26. The fourth-order valence-corrected chi connectivity index (χ4v) is 2.15. The lowest BCUT2D eigenvalue weighted by Crippen LogP contribution is -2.21. The van der Waals surface area contributed by atoms with Crippen LogP contribution >= 0.6 is 0 Å². The van der Waals surface area contributed by atoms with E-state index in [9.17, 15) is 0 Å². The Morgan fingerprint density at radius 2 is 2.18 bits per heavy atom. The van der Waals surface area contributed by atoms with E-state index >= 15 is 0 Å². The molecule has 0 spiro atoms. The minimum Gasteiger partial charge on any atom is -0.365 e. The Hall–Kier alpha value is -1.65. The van der Waals surface area contributed by atoms with Gasteiger partial charge in [-0.05, 0) is 11.6 Å². The largest absolute Gasteiger partial charge is 0.365 e. The number of rotatable bonds is 2. The lowest BCUT2D eigenvalue weighted by atomic mass is 10.1. The molecule has 0 saturated heterocycles. The number of hydrogen-bond donors (Lipinski definition) is 1. The van der Waals surface area contributed by atoms with Gasteiger partial charge in [0.2, 0.25) is 0 Å². The van der Waals surface area contributed by atoms with E-state index in [-0.39, 0.29) is 6.10 Å². The van der Waals surface area contributed by atoms with Crippen LogP contribution in [0.5, 0.6) is 0 Å². The highest BCUT2D eigenvalue weighted by atomic mass is 16.5. The van der Waals surface area contributed by atoms with Crippen LogP contribution in [-0.2, 0) is 24.4 Å². The first-order chi connectivity index (χ1) is 8.36. The van der Waals surface area contributed by atoms with Crippen LogP contribution < -0.4 is 5.73 Å². The van der Waals surface area contributed by atoms with Gasteiger partial charge in [0.25, 0.3) is 0 Å². The Labute approximate surface area is 100 Å². The molecule has 2 heterocycles. The molecular weight excluding hydrogens is 214 g/mol. The van der Waals surface area contributed by atoms with Gasteiger partial charge < -0.3 is 10.5 Å². The molecule has 3 rings (SSSR count). The molecule has 0 fully saturated rings. The average molecular weight is 229 g/mol. The maximum Gasteiger partial charge on any atom is 0.103 e. The molecule has 2 N–H and O–H groups in total. The molecule has 0 aliphatic carbocycles. The summed E-state index contributed by atoms with van der Waals surface area (Å²) >= 11 is 0. The second-order valence-electron chi connectivity index (χ2n) is 4.22. The Morgan fingerprint density at radius 1 is 1.35 bits per heavy atom. The van der Waals surface area contributed by atoms with Gasteiger partial charge in [0, 0.05) is 6.54 Å². The zero-order valence-corrected chi connectivity index (χ0v) is 9.54. The molecule has 1 aliphatic rings. The first kappa shape index (κ1) is 10.5. The molecule has 0 unspecified atom stereocenters. The van der Waals surface area contributed by atoms with Crippen molar-refractivity contribution >= 4 is 0 Å². The van der Waals surface area contributed by atoms with Crippen LogP contribution in [0.2, 0.25) is 0 Å². The number of nitrogens with two attached hydrogens (primary N) is 1. The first-order valence-electron chi connectivity index (χ1n) is 5.79. The van der Waals surface area contributed by atoms with Crippen LogP contribution in [-0.4, -0.2) is 9.78 Å². The standard InChI is InChI=1S/C13H15N3O/c14-7-11-6-12-9-17-13(8-16(12)15-11)10-4-2-1-3-5-10/h1-6,13H,7-9,14H2/t13-/m1/s1. The molecule has 1 aromatic carbocycles. The maximum absolute atomic E-state index is 5.85. The topological polar surface area (TPSA) is 53.1 Å². The van der Waals surface area contributed by atoms with Crippen molar-refractivity contribution in [3.63, 3.8) is 0 Å². The summed E-state index contributed by atoms with van der Waals surface area (Å²) in [5, 5.41) is 4.46. The van der Waals surface area contributed by atoms with E-state index in [2.05, 4.69) is 17.2 Å². The van der Waals surface area contributed by atoms with Gasteiger partial charge in [0.1, 0.15) is 6.10 Å². The molecule has 4 heteroatoms. The second kappa shape index (κ2) is 4.31. The molecule has 0 saturated carbocycles. The number of ether oxygens (including phenoxy) is 1. The quantitative estimate of drug-likeness (QED) is 0.851. The van der Waals surface area contributed by atoms with Crippen LogP contribution in [0, 0.1) is 0 Å². The Bertz CT molecular complexity index is 507. The van der Waals surface area contributed by atoms with E-state index in [0.717, 1.165) is 17.9 Å². The fourth-order valence-electron chi connectivity index (χ4n) is 2.15. The van der Waals surface area contributed by atoms with Crippen molar-refractivity contribution in [2.45, 2.75) is 25.8 Å². The van der Waals surface area contributed by atoms with Crippen molar-refractivity contribution in [2.24, 2.45) is 5.73 Å². The number of fused-ring (bicyclic) bond motifs is 1. The molecule has 2 aromatic rings. The van der Waals surface area contributed by atoms with Crippen LogP contribution in [0.4, 0.5) is 0 Å². The van der Waals surface area contributed by atoms with Crippen molar-refractivity contribution in [2.75, 3.05) is 0 Å². The van der Waals surface area contributed by atoms with E-state index in [4.69, 9.17) is 10.5 Å². The van der Waals surface area contributed by atoms with Gasteiger partial charge in [-0.3, -0.25) is 4.68 Å². The minimum atomic E-state index is 0.0919. The third kappa shape index (κ3) is 1.97. The Balaban J connectivity index is 1.85. The van der Waals surface area contributed by atoms with Crippen LogP contribution in [0.25, 0.3) is 0 Å². The van der Waals surface area contributed by atoms with E-state index in [1.807, 2.05) is 28.9 Å². The molecule has 0 bridgehead atoms. The van der Waals surface area contributed by atoms with Gasteiger partial charge in [0.15, 0.2) is 0 Å². The Kier molecular flexibility index (Phi) is 2.66. The molecule has 0 amide bonds. The van der Waals surface area contributed by atoms with Crippen LogP contribution in [0.1, 0.15) is 23.1 Å². The van der Waals surface area contributed by atoms with Crippen molar-refractivity contribution < 1.29 is 4.74 Å². The number of nitrogens with zero attached hydrogens (tertiary/aromatic N) is 2. The zero-order chi connectivity index (χ0) is 11.7. The summed E-state index contributed by atoms with van der Waals surface area (Å²) in [4.78, 5) is 0. The SMILES string of the molecule is NCc1cc2n(n1)C[C@H](c1ccccc1)OC2. The lowest BCUT2D eigenvalue weighted by Gasteiger charge is -2.24. The van der Waals surface area contributed by atoms with Gasteiger partial charge in [-0.2, -0.15) is 5.10 Å². The van der Waals surface area contributed by atoms with Crippen molar-refractivity contribution in [3.8, 4) is 0 Å². The molecule has 1 aromatic heterocycles. The second-order valence-corrected chi connectivity index (χ2v) is 4.22. The van der Waals surface area contributed by atoms with Gasteiger partial charge >= 0.3 is 0 Å². The molecular formula is C13H15N3O. The zero-order valence-electron chi connectivity index (χ0n) is 9.54. The average Bonchev–Trinajstić information content (AvgIpc) is 2.81. The molecule has 88 valence electrons. The van der Waals surface area contributed by atoms with Gasteiger partial charge in [-0.1, -0.05) is 30.3 Å². The summed E-state index contributed by atoms with van der Waals surface area (Å²) < 4.78 is 7.85. The van der Waals surface area contributed by atoms with E-state index < -0.39 is 0 Å². The highest BCUT2D eigenvalue weighted by molar-refractivity contribution is 5.19. The minimum absolute atomic E-state index is 0.0919. The number of aromatic nitrogens is 2. The third-order valence-corrected chi connectivity index (χ3v) is 3.07. The molecule has 1 aliphatic heterocycles. The van der Waals surface area contributed by atoms with Crippen LogP contribution in [0.3, 0.4) is 0 Å². The molecule has 17 heavy (non-hydrogen) atoms. The summed E-state index contributed by atoms with van der Waals surface area (Å²) in [6, 6.07) is 12.3. The summed E-state index contributed by atoms with van der Waals surface area (Å²) in [7, 11) is 0. The van der Waals surface area contributed by atoms with Gasteiger partial charge in [-0.15, -0.1) is 0 Å². The predicted molar refractivity (Wildman–Crippen MR) is 64.1 cm³/mol. The molecule has 1 atom stereocenters. The van der Waals surface area contributed by atoms with Gasteiger partial charge in [0.05, 0.1) is 24.5 Å². The maximum atomic E-state index is 5.85. The number of hydrogen-bond acceptors (Lipinski definition) is 3. The van der Waals surface area contributed by atoms with E-state index in [1.165, 1.54) is 5.56 Å². The summed E-state index contributed by atoms with van der Waals surface area (Å²) in [6.45, 7) is 1.85. The van der Waals surface area contributed by atoms with Crippen molar-refractivity contribution in [3.05, 3.63) is 53.3 Å². The van der Waals surface area contributed by atoms with Crippen molar-refractivity contribution in [1.82, 2.24) is 9.78 Å². The van der Waals surface area contributed by atoms with Crippen molar-refractivity contribution in [1.29, 1.82) is 0 Å². The predicted octanol–water partition coefficient (Wildman–Crippen LogP) is 1.61. The number of benzene rings is 1. The van der Waals surface area contributed by atoms with E-state index in [1.54, 1.807) is 0 Å². The van der Waals surface area contributed by atoms with Crippen LogP contribution in [0.15, 0.2) is 36.4 Å². The monoisotopic (exact) mass is 229 g/mol. The first-order valence-corrected chi connectivity index (χ1v) is 5.79. The third-order valence-electron chi connectivity index (χ3n) is 3.07. The fraction of sp³-hybridized carbons (Fsp3) is 0.308. The lowest BCUT2D eigenvalue weighted by molar-refractivity contribution is -0.00119.